The number of Topliss-reactive ketones (excluding diaryl/α,β-unsaturated/α-hetero) is 1. The number of benzene rings is 2. The molecule has 0 aromatic heterocycles. The predicted octanol–water partition coefficient (Wildman–Crippen LogP) is 2.89. The van der Waals surface area contributed by atoms with Gasteiger partial charge in [0, 0.05) is 28.3 Å². The third kappa shape index (κ3) is 4.52. The molecule has 25 heavy (non-hydrogen) atoms. The van der Waals surface area contributed by atoms with E-state index in [1.165, 1.54) is 32.0 Å². The molecule has 2 rings (SSSR count). The van der Waals surface area contributed by atoms with E-state index in [9.17, 15) is 19.7 Å². The highest BCUT2D eigenvalue weighted by Gasteiger charge is 2.17. The maximum absolute atomic E-state index is 12.1. The van der Waals surface area contributed by atoms with Gasteiger partial charge in [-0.15, -0.1) is 0 Å². The Kier molecular flexibility index (Phi) is 5.64. The molecule has 0 spiro atoms. The highest BCUT2D eigenvalue weighted by Crippen LogP contribution is 2.20. The minimum Gasteiger partial charge on any atom is -0.341 e. The molecule has 0 radical (unpaired) electrons. The smallest absolute Gasteiger partial charge is 0.273 e. The number of rotatable bonds is 4. The van der Waals surface area contributed by atoms with Crippen molar-refractivity contribution in [3.8, 4) is 11.8 Å². The number of nitrogens with one attached hydrogen (secondary N) is 1. The fourth-order valence-electron chi connectivity index (χ4n) is 2.22. The third-order valence-corrected chi connectivity index (χ3v) is 3.61. The van der Waals surface area contributed by atoms with Crippen LogP contribution in [0.4, 0.5) is 5.69 Å². The van der Waals surface area contributed by atoms with Crippen molar-refractivity contribution < 1.29 is 14.5 Å². The van der Waals surface area contributed by atoms with Crippen molar-refractivity contribution in [3.63, 3.8) is 0 Å². The van der Waals surface area contributed by atoms with Gasteiger partial charge < -0.3 is 5.32 Å². The average Bonchev–Trinajstić information content (AvgIpc) is 2.58. The molecule has 0 saturated heterocycles. The molecule has 2 aromatic carbocycles. The number of amides is 1. The van der Waals surface area contributed by atoms with Crippen molar-refractivity contribution in [2.24, 2.45) is 0 Å². The van der Waals surface area contributed by atoms with Gasteiger partial charge in [0.1, 0.15) is 0 Å². The van der Waals surface area contributed by atoms with Crippen LogP contribution >= 0.6 is 0 Å². The van der Waals surface area contributed by atoms with Gasteiger partial charge in [-0.2, -0.15) is 0 Å². The molecule has 6 nitrogen and oxygen atoms in total. The minimum absolute atomic E-state index is 0.0147. The lowest BCUT2D eigenvalue weighted by molar-refractivity contribution is -0.385. The van der Waals surface area contributed by atoms with Gasteiger partial charge >= 0.3 is 0 Å². The van der Waals surface area contributed by atoms with Crippen molar-refractivity contribution >= 4 is 17.4 Å². The molecule has 0 bridgehead atoms. The molecule has 0 aliphatic rings. The maximum atomic E-state index is 12.1. The Labute approximate surface area is 145 Å². The van der Waals surface area contributed by atoms with Crippen LogP contribution in [0, 0.1) is 28.9 Å². The lowest BCUT2D eigenvalue weighted by Crippen LogP contribution is -2.24. The molecular formula is C19H16N2O4. The summed E-state index contributed by atoms with van der Waals surface area (Å²) in [7, 11) is 0. The van der Waals surface area contributed by atoms with Crippen LogP contribution in [-0.2, 0) is 0 Å². The first-order valence-corrected chi connectivity index (χ1v) is 7.52. The number of carbonyl (C=O) groups is 2. The maximum Gasteiger partial charge on any atom is 0.273 e. The summed E-state index contributed by atoms with van der Waals surface area (Å²) in [5.74, 6) is 5.26. The van der Waals surface area contributed by atoms with E-state index in [2.05, 4.69) is 17.2 Å². The van der Waals surface area contributed by atoms with Crippen LogP contribution in [0.2, 0.25) is 0 Å². The summed E-state index contributed by atoms with van der Waals surface area (Å²) >= 11 is 0. The van der Waals surface area contributed by atoms with E-state index in [0.717, 1.165) is 5.56 Å². The largest absolute Gasteiger partial charge is 0.341 e. The van der Waals surface area contributed by atoms with E-state index in [0.29, 0.717) is 11.1 Å². The summed E-state index contributed by atoms with van der Waals surface area (Å²) in [6.07, 6.45) is 0. The van der Waals surface area contributed by atoms with Gasteiger partial charge in [-0.3, -0.25) is 19.7 Å². The number of nitro benzene ring substituents is 1. The predicted molar refractivity (Wildman–Crippen MR) is 93.5 cm³/mol. The van der Waals surface area contributed by atoms with Crippen molar-refractivity contribution in [3.05, 3.63) is 74.8 Å². The fourth-order valence-corrected chi connectivity index (χ4v) is 2.22. The molecule has 0 unspecified atom stereocenters. The van der Waals surface area contributed by atoms with Crippen LogP contribution in [0.3, 0.4) is 0 Å². The third-order valence-electron chi connectivity index (χ3n) is 3.61. The van der Waals surface area contributed by atoms with E-state index >= 15 is 0 Å². The quantitative estimate of drug-likeness (QED) is 0.402. The summed E-state index contributed by atoms with van der Waals surface area (Å²) < 4.78 is 0. The van der Waals surface area contributed by atoms with E-state index in [1.807, 2.05) is 0 Å². The molecule has 0 aliphatic heterocycles. The number of hydrogen-bond acceptors (Lipinski definition) is 4. The number of carbonyl (C=O) groups excluding carboxylic acids is 2. The summed E-state index contributed by atoms with van der Waals surface area (Å²) in [4.78, 5) is 33.7. The molecule has 126 valence electrons. The summed E-state index contributed by atoms with van der Waals surface area (Å²) in [6, 6.07) is 11.2. The van der Waals surface area contributed by atoms with Gasteiger partial charge in [0.05, 0.1) is 11.5 Å². The first kappa shape index (κ1) is 17.9. The van der Waals surface area contributed by atoms with Crippen LogP contribution in [0.25, 0.3) is 0 Å². The Morgan fingerprint density at radius 2 is 1.84 bits per heavy atom. The van der Waals surface area contributed by atoms with E-state index < -0.39 is 10.8 Å². The van der Waals surface area contributed by atoms with Gasteiger partial charge in [-0.05, 0) is 32.0 Å². The van der Waals surface area contributed by atoms with Crippen molar-refractivity contribution in [2.45, 2.75) is 13.8 Å². The molecule has 0 saturated carbocycles. The molecule has 6 heteroatoms. The van der Waals surface area contributed by atoms with E-state index in [1.54, 1.807) is 24.3 Å². The van der Waals surface area contributed by atoms with Gasteiger partial charge in [0.2, 0.25) is 0 Å². The fraction of sp³-hybridized carbons (Fsp3) is 0.158. The zero-order valence-corrected chi connectivity index (χ0v) is 13.8. The van der Waals surface area contributed by atoms with Crippen LogP contribution in [-0.4, -0.2) is 23.2 Å². The Bertz CT molecular complexity index is 890. The van der Waals surface area contributed by atoms with E-state index in [4.69, 9.17) is 0 Å². The normalized spacial score (nSPS) is 9.68. The highest BCUT2D eigenvalue weighted by molar-refractivity contribution is 5.96. The molecular weight excluding hydrogens is 320 g/mol. The number of hydrogen-bond donors (Lipinski definition) is 1. The number of nitro groups is 1. The van der Waals surface area contributed by atoms with Crippen molar-refractivity contribution in [1.82, 2.24) is 5.32 Å². The highest BCUT2D eigenvalue weighted by atomic mass is 16.6. The van der Waals surface area contributed by atoms with Crippen molar-refractivity contribution in [2.75, 3.05) is 6.54 Å². The van der Waals surface area contributed by atoms with Crippen LogP contribution < -0.4 is 5.32 Å². The van der Waals surface area contributed by atoms with Gasteiger partial charge in [0.15, 0.2) is 5.78 Å². The summed E-state index contributed by atoms with van der Waals surface area (Å²) in [5, 5.41) is 13.5. The summed E-state index contributed by atoms with van der Waals surface area (Å²) in [6.45, 7) is 3.14. The zero-order valence-electron chi connectivity index (χ0n) is 13.8. The Morgan fingerprint density at radius 3 is 2.44 bits per heavy atom. The first-order chi connectivity index (χ1) is 11.9. The summed E-state index contributed by atoms with van der Waals surface area (Å²) in [5.41, 5.74) is 1.81. The topological polar surface area (TPSA) is 89.3 Å². The molecule has 1 N–H and O–H groups in total. The first-order valence-electron chi connectivity index (χ1n) is 7.52. The van der Waals surface area contributed by atoms with Crippen LogP contribution in [0.5, 0.6) is 0 Å². The second-order valence-electron chi connectivity index (χ2n) is 5.32. The monoisotopic (exact) mass is 336 g/mol. The van der Waals surface area contributed by atoms with Gasteiger partial charge in [0.25, 0.3) is 11.6 Å². The molecule has 0 aliphatic carbocycles. The molecule has 1 amide bonds. The van der Waals surface area contributed by atoms with Crippen molar-refractivity contribution in [1.29, 1.82) is 0 Å². The van der Waals surface area contributed by atoms with Crippen LogP contribution in [0.1, 0.15) is 38.8 Å². The Hall–Kier alpha value is -3.46. The standard InChI is InChI=1S/C19H16N2O4/c1-13-17(6-3-7-18(13)21(24)25)19(23)20-12-4-5-15-8-10-16(11-9-15)14(2)22/h3,6-11H,12H2,1-2H3,(H,20,23). The second kappa shape index (κ2) is 7.88. The Balaban J connectivity index is 2.01. The van der Waals surface area contributed by atoms with Crippen LogP contribution in [0.15, 0.2) is 42.5 Å². The Morgan fingerprint density at radius 1 is 1.16 bits per heavy atom. The van der Waals surface area contributed by atoms with E-state index in [-0.39, 0.29) is 23.6 Å². The minimum atomic E-state index is -0.517. The second-order valence-corrected chi connectivity index (χ2v) is 5.32. The molecule has 0 heterocycles. The van der Waals surface area contributed by atoms with Gasteiger partial charge in [-0.25, -0.2) is 0 Å². The molecule has 0 fully saturated rings. The lowest BCUT2D eigenvalue weighted by Gasteiger charge is -2.05. The number of nitrogens with zero attached hydrogens (tertiary/aromatic N) is 1. The lowest BCUT2D eigenvalue weighted by atomic mass is 10.1. The average molecular weight is 336 g/mol. The molecule has 2 aromatic rings. The van der Waals surface area contributed by atoms with Gasteiger partial charge in [-0.1, -0.05) is 30.0 Å². The zero-order chi connectivity index (χ0) is 18.4. The SMILES string of the molecule is CC(=O)c1ccc(C#CCNC(=O)c2cccc([N+](=O)[O-])c2C)cc1. The molecule has 0 atom stereocenters. The number of ketones is 1.